The monoisotopic (exact) mass is 307 g/mol. The smallest absolute Gasteiger partial charge is 0.355 e. The predicted octanol–water partition coefficient (Wildman–Crippen LogP) is 3.82. The maximum Gasteiger partial charge on any atom is 0.355 e. The van der Waals surface area contributed by atoms with Crippen LogP contribution in [-0.2, 0) is 4.74 Å². The number of hydrogen-bond donors (Lipinski definition) is 1. The molecule has 0 bridgehead atoms. The molecule has 0 spiro atoms. The average Bonchev–Trinajstić information content (AvgIpc) is 2.96. The molecule has 116 valence electrons. The van der Waals surface area contributed by atoms with Gasteiger partial charge >= 0.3 is 5.97 Å². The number of rotatable bonds is 4. The highest BCUT2D eigenvalue weighted by Crippen LogP contribution is 2.16. The Balaban J connectivity index is 1.69. The molecule has 1 aromatic heterocycles. The molecule has 0 aliphatic rings. The Kier molecular flexibility index (Phi) is 3.98. The molecule has 0 atom stereocenters. The van der Waals surface area contributed by atoms with Crippen molar-refractivity contribution >= 4 is 22.7 Å². The second-order valence-corrected chi connectivity index (χ2v) is 5.59. The van der Waals surface area contributed by atoms with Gasteiger partial charge in [-0.25, -0.2) is 4.79 Å². The first-order chi connectivity index (χ1) is 11.0. The highest BCUT2D eigenvalue weighted by Gasteiger charge is 2.15. The zero-order chi connectivity index (χ0) is 16.4. The van der Waals surface area contributed by atoms with Crippen LogP contribution >= 0.6 is 0 Å². The number of H-pyrrole nitrogens is 1. The molecule has 0 radical (unpaired) electrons. The van der Waals surface area contributed by atoms with Gasteiger partial charge in [0.05, 0.1) is 0 Å². The molecule has 0 unspecified atom stereocenters. The van der Waals surface area contributed by atoms with E-state index in [0.717, 1.165) is 22.0 Å². The van der Waals surface area contributed by atoms with Crippen LogP contribution in [0.25, 0.3) is 10.9 Å². The van der Waals surface area contributed by atoms with Gasteiger partial charge in [-0.3, -0.25) is 4.79 Å². The summed E-state index contributed by atoms with van der Waals surface area (Å²) < 4.78 is 5.14. The molecule has 23 heavy (non-hydrogen) atoms. The maximum atomic E-state index is 12.2. The summed E-state index contributed by atoms with van der Waals surface area (Å²) in [5, 5.41) is 0.931. The summed E-state index contributed by atoms with van der Waals surface area (Å²) in [7, 11) is 0. The quantitative estimate of drug-likeness (QED) is 0.589. The minimum atomic E-state index is -0.528. The van der Waals surface area contributed by atoms with Gasteiger partial charge in [0.2, 0.25) is 5.78 Å². The minimum absolute atomic E-state index is 0.202. The fourth-order valence-corrected chi connectivity index (χ4v) is 2.60. The summed E-state index contributed by atoms with van der Waals surface area (Å²) in [4.78, 5) is 27.3. The van der Waals surface area contributed by atoms with E-state index >= 15 is 0 Å². The maximum absolute atomic E-state index is 12.2. The Morgan fingerprint density at radius 1 is 1.04 bits per heavy atom. The number of aromatic nitrogens is 1. The van der Waals surface area contributed by atoms with Crippen LogP contribution in [0.2, 0.25) is 0 Å². The van der Waals surface area contributed by atoms with Gasteiger partial charge in [-0.15, -0.1) is 0 Å². The standard InChI is InChI=1S/C19H17NO3/c1-12-7-8-15(13(2)9-12)18(21)11-23-19(22)17-10-14-5-3-4-6-16(14)20-17/h3-10,20H,11H2,1-2H3. The molecular weight excluding hydrogens is 290 g/mol. The number of aromatic amines is 1. The number of hydrogen-bond acceptors (Lipinski definition) is 3. The molecule has 0 saturated heterocycles. The third kappa shape index (κ3) is 3.16. The number of ether oxygens (including phenoxy) is 1. The third-order valence-corrected chi connectivity index (χ3v) is 3.77. The lowest BCUT2D eigenvalue weighted by Gasteiger charge is -2.06. The normalized spacial score (nSPS) is 10.7. The van der Waals surface area contributed by atoms with Gasteiger partial charge in [0.25, 0.3) is 0 Å². The van der Waals surface area contributed by atoms with E-state index in [2.05, 4.69) is 4.98 Å². The Morgan fingerprint density at radius 3 is 2.57 bits per heavy atom. The number of nitrogens with one attached hydrogen (secondary N) is 1. The van der Waals surface area contributed by atoms with E-state index in [0.29, 0.717) is 11.3 Å². The Hall–Kier alpha value is -2.88. The zero-order valence-electron chi connectivity index (χ0n) is 13.1. The van der Waals surface area contributed by atoms with Crippen LogP contribution in [0.4, 0.5) is 0 Å². The number of para-hydroxylation sites is 1. The Labute approximate surface area is 134 Å². The van der Waals surface area contributed by atoms with Crippen LogP contribution in [0, 0.1) is 13.8 Å². The molecule has 4 nitrogen and oxygen atoms in total. The highest BCUT2D eigenvalue weighted by molar-refractivity contribution is 6.01. The number of ketones is 1. The van der Waals surface area contributed by atoms with Crippen molar-refractivity contribution in [3.8, 4) is 0 Å². The van der Waals surface area contributed by atoms with E-state index < -0.39 is 5.97 Å². The lowest BCUT2D eigenvalue weighted by molar-refractivity contribution is 0.0469. The molecule has 3 aromatic rings. The summed E-state index contributed by atoms with van der Waals surface area (Å²) in [5.41, 5.74) is 3.77. The largest absolute Gasteiger partial charge is 0.453 e. The molecular formula is C19H17NO3. The van der Waals surface area contributed by atoms with Crippen LogP contribution in [-0.4, -0.2) is 23.3 Å². The van der Waals surface area contributed by atoms with Gasteiger partial charge in [-0.1, -0.05) is 42.0 Å². The molecule has 0 aliphatic heterocycles. The predicted molar refractivity (Wildman–Crippen MR) is 88.8 cm³/mol. The number of fused-ring (bicyclic) bond motifs is 1. The fraction of sp³-hybridized carbons (Fsp3) is 0.158. The number of Topliss-reactive ketones (excluding diaryl/α,β-unsaturated/α-hetero) is 1. The van der Waals surface area contributed by atoms with Gasteiger partial charge in [-0.2, -0.15) is 0 Å². The minimum Gasteiger partial charge on any atom is -0.453 e. The summed E-state index contributed by atoms with van der Waals surface area (Å²) in [6.45, 7) is 3.58. The van der Waals surface area contributed by atoms with Crippen LogP contribution in [0.15, 0.2) is 48.5 Å². The fourth-order valence-electron chi connectivity index (χ4n) is 2.60. The van der Waals surface area contributed by atoms with Crippen LogP contribution < -0.4 is 0 Å². The van der Waals surface area contributed by atoms with Gasteiger partial charge < -0.3 is 9.72 Å². The number of benzene rings is 2. The number of carbonyl (C=O) groups is 2. The number of aryl methyl sites for hydroxylation is 2. The van der Waals surface area contributed by atoms with E-state index in [1.54, 1.807) is 12.1 Å². The first-order valence-corrected chi connectivity index (χ1v) is 7.40. The molecule has 0 saturated carbocycles. The van der Waals surface area contributed by atoms with Gasteiger partial charge in [0.15, 0.2) is 6.61 Å². The van der Waals surface area contributed by atoms with Gasteiger partial charge in [-0.05, 0) is 31.5 Å². The SMILES string of the molecule is Cc1ccc(C(=O)COC(=O)c2cc3ccccc3[nH]2)c(C)c1. The van der Waals surface area contributed by atoms with E-state index in [1.807, 2.05) is 50.2 Å². The summed E-state index contributed by atoms with van der Waals surface area (Å²) in [5.74, 6) is -0.730. The van der Waals surface area contributed by atoms with Crippen molar-refractivity contribution in [1.29, 1.82) is 0 Å². The molecule has 0 fully saturated rings. The third-order valence-electron chi connectivity index (χ3n) is 3.77. The van der Waals surface area contributed by atoms with Crippen molar-refractivity contribution in [1.82, 2.24) is 4.98 Å². The summed E-state index contributed by atoms with van der Waals surface area (Å²) in [6.07, 6.45) is 0. The Morgan fingerprint density at radius 2 is 1.83 bits per heavy atom. The van der Waals surface area contributed by atoms with E-state index in [9.17, 15) is 9.59 Å². The molecule has 2 aromatic carbocycles. The molecule has 1 N–H and O–H groups in total. The number of esters is 1. The van der Waals surface area contributed by atoms with Crippen LogP contribution in [0.5, 0.6) is 0 Å². The molecule has 0 aliphatic carbocycles. The van der Waals surface area contributed by atoms with E-state index in [-0.39, 0.29) is 12.4 Å². The topological polar surface area (TPSA) is 59.2 Å². The zero-order valence-corrected chi connectivity index (χ0v) is 13.1. The van der Waals surface area contributed by atoms with Crippen molar-refractivity contribution in [2.45, 2.75) is 13.8 Å². The lowest BCUT2D eigenvalue weighted by Crippen LogP contribution is -2.15. The highest BCUT2D eigenvalue weighted by atomic mass is 16.5. The lowest BCUT2D eigenvalue weighted by atomic mass is 10.0. The second-order valence-electron chi connectivity index (χ2n) is 5.59. The first kappa shape index (κ1) is 15.0. The van der Waals surface area contributed by atoms with Crippen molar-refractivity contribution in [2.75, 3.05) is 6.61 Å². The van der Waals surface area contributed by atoms with Crippen molar-refractivity contribution in [3.63, 3.8) is 0 Å². The van der Waals surface area contributed by atoms with Gasteiger partial charge in [0, 0.05) is 16.5 Å². The molecule has 1 heterocycles. The summed E-state index contributed by atoms with van der Waals surface area (Å²) in [6, 6.07) is 14.9. The molecule has 3 rings (SSSR count). The second kappa shape index (κ2) is 6.08. The average molecular weight is 307 g/mol. The van der Waals surface area contributed by atoms with Crippen LogP contribution in [0.1, 0.15) is 32.0 Å². The van der Waals surface area contributed by atoms with Crippen LogP contribution in [0.3, 0.4) is 0 Å². The van der Waals surface area contributed by atoms with Crippen molar-refractivity contribution in [2.24, 2.45) is 0 Å². The van der Waals surface area contributed by atoms with Crippen molar-refractivity contribution < 1.29 is 14.3 Å². The van der Waals surface area contributed by atoms with E-state index in [4.69, 9.17) is 4.74 Å². The van der Waals surface area contributed by atoms with Gasteiger partial charge in [0.1, 0.15) is 5.69 Å². The first-order valence-electron chi connectivity index (χ1n) is 7.40. The van der Waals surface area contributed by atoms with E-state index in [1.165, 1.54) is 0 Å². The Bertz CT molecular complexity index is 860. The molecule has 0 amide bonds. The van der Waals surface area contributed by atoms with Crippen molar-refractivity contribution in [3.05, 3.63) is 70.9 Å². The summed E-state index contributed by atoms with van der Waals surface area (Å²) >= 11 is 0. The molecule has 4 heteroatoms. The number of carbonyl (C=O) groups excluding carboxylic acids is 2.